The highest BCUT2D eigenvalue weighted by molar-refractivity contribution is 14.1. The average Bonchev–Trinajstić information content (AvgIpc) is 2.32. The number of nitrogens with one attached hydrogen (secondary N) is 1. The van der Waals surface area contributed by atoms with E-state index >= 15 is 0 Å². The molecule has 0 aliphatic heterocycles. The molecule has 0 aromatic heterocycles. The molecule has 2 aromatic rings. The largest absolute Gasteiger partial charge is 0.399 e. The summed E-state index contributed by atoms with van der Waals surface area (Å²) in [6, 6.07) is 16.4. The molecule has 88 valence electrons. The number of nitrogen functional groups attached to an aromatic ring is 1. The molecule has 0 unspecified atom stereocenters. The van der Waals surface area contributed by atoms with Gasteiger partial charge >= 0.3 is 0 Å². The monoisotopic (exact) mass is 338 g/mol. The lowest BCUT2D eigenvalue weighted by molar-refractivity contribution is 1.02. The standard InChI is InChI=1S/C14H15IN2/c15-12-5-3-6-13(10-12)17-9-8-11-4-1-2-7-14(11)16/h1-7,10,17H,8-9,16H2. The van der Waals surface area contributed by atoms with E-state index in [0.29, 0.717) is 0 Å². The van der Waals surface area contributed by atoms with Crippen LogP contribution in [0.15, 0.2) is 48.5 Å². The van der Waals surface area contributed by atoms with Gasteiger partial charge in [-0.15, -0.1) is 0 Å². The predicted octanol–water partition coefficient (Wildman–Crippen LogP) is 3.53. The molecule has 3 heteroatoms. The van der Waals surface area contributed by atoms with Crippen molar-refractivity contribution < 1.29 is 0 Å². The van der Waals surface area contributed by atoms with Gasteiger partial charge in [0.1, 0.15) is 0 Å². The molecule has 2 nitrogen and oxygen atoms in total. The summed E-state index contributed by atoms with van der Waals surface area (Å²) in [4.78, 5) is 0. The quantitative estimate of drug-likeness (QED) is 0.661. The number of halogens is 1. The van der Waals surface area contributed by atoms with E-state index in [1.54, 1.807) is 0 Å². The normalized spacial score (nSPS) is 10.2. The summed E-state index contributed by atoms with van der Waals surface area (Å²) in [6.45, 7) is 0.897. The third kappa shape index (κ3) is 3.63. The van der Waals surface area contributed by atoms with E-state index < -0.39 is 0 Å². The van der Waals surface area contributed by atoms with Gasteiger partial charge in [-0.1, -0.05) is 24.3 Å². The maximum atomic E-state index is 5.90. The zero-order valence-corrected chi connectivity index (χ0v) is 11.6. The van der Waals surface area contributed by atoms with E-state index in [9.17, 15) is 0 Å². The highest BCUT2D eigenvalue weighted by Gasteiger charge is 1.98. The second-order valence-corrected chi connectivity index (χ2v) is 5.13. The van der Waals surface area contributed by atoms with Gasteiger partial charge in [-0.3, -0.25) is 0 Å². The summed E-state index contributed by atoms with van der Waals surface area (Å²) in [5.74, 6) is 0. The van der Waals surface area contributed by atoms with E-state index in [0.717, 1.165) is 24.3 Å². The fourth-order valence-corrected chi connectivity index (χ4v) is 2.24. The van der Waals surface area contributed by atoms with Crippen LogP contribution in [-0.2, 0) is 6.42 Å². The summed E-state index contributed by atoms with van der Waals surface area (Å²) < 4.78 is 1.24. The molecule has 0 amide bonds. The van der Waals surface area contributed by atoms with Gasteiger partial charge in [0.2, 0.25) is 0 Å². The lowest BCUT2D eigenvalue weighted by atomic mass is 10.1. The summed E-state index contributed by atoms with van der Waals surface area (Å²) >= 11 is 2.31. The molecule has 0 saturated carbocycles. The first-order valence-electron chi connectivity index (χ1n) is 5.58. The number of para-hydroxylation sites is 1. The van der Waals surface area contributed by atoms with Gasteiger partial charge in [0.05, 0.1) is 0 Å². The van der Waals surface area contributed by atoms with Crippen LogP contribution < -0.4 is 11.1 Å². The van der Waals surface area contributed by atoms with Crippen LogP contribution in [0.2, 0.25) is 0 Å². The second kappa shape index (κ2) is 5.91. The Kier molecular flexibility index (Phi) is 4.25. The molecule has 0 atom stereocenters. The van der Waals surface area contributed by atoms with Gasteiger partial charge in [-0.25, -0.2) is 0 Å². The van der Waals surface area contributed by atoms with Crippen LogP contribution >= 0.6 is 22.6 Å². The molecular weight excluding hydrogens is 323 g/mol. The van der Waals surface area contributed by atoms with Crippen molar-refractivity contribution in [2.45, 2.75) is 6.42 Å². The molecule has 0 heterocycles. The number of nitrogens with two attached hydrogens (primary N) is 1. The highest BCUT2D eigenvalue weighted by atomic mass is 127. The second-order valence-electron chi connectivity index (χ2n) is 3.89. The Morgan fingerprint density at radius 1 is 1.06 bits per heavy atom. The Morgan fingerprint density at radius 2 is 1.88 bits per heavy atom. The summed E-state index contributed by atoms with van der Waals surface area (Å²) in [7, 11) is 0. The Bertz CT molecular complexity index is 497. The molecule has 0 saturated heterocycles. The molecule has 0 spiro atoms. The van der Waals surface area contributed by atoms with Crippen molar-refractivity contribution in [2.24, 2.45) is 0 Å². The SMILES string of the molecule is Nc1ccccc1CCNc1cccc(I)c1. The smallest absolute Gasteiger partial charge is 0.0350 e. The lowest BCUT2D eigenvalue weighted by Crippen LogP contribution is -2.06. The van der Waals surface area contributed by atoms with Gasteiger partial charge in [0, 0.05) is 21.5 Å². The van der Waals surface area contributed by atoms with Crippen molar-refractivity contribution in [2.75, 3.05) is 17.6 Å². The molecule has 0 aliphatic rings. The van der Waals surface area contributed by atoms with E-state index in [1.807, 2.05) is 18.2 Å². The maximum Gasteiger partial charge on any atom is 0.0350 e. The molecule has 2 aromatic carbocycles. The van der Waals surface area contributed by atoms with Crippen molar-refractivity contribution in [3.63, 3.8) is 0 Å². The Morgan fingerprint density at radius 3 is 2.65 bits per heavy atom. The molecule has 0 bridgehead atoms. The lowest BCUT2D eigenvalue weighted by Gasteiger charge is -2.08. The third-order valence-corrected chi connectivity index (χ3v) is 3.27. The van der Waals surface area contributed by atoms with Crippen molar-refractivity contribution in [1.82, 2.24) is 0 Å². The zero-order valence-electron chi connectivity index (χ0n) is 9.49. The zero-order chi connectivity index (χ0) is 12.1. The molecule has 0 aliphatic carbocycles. The fraction of sp³-hybridized carbons (Fsp3) is 0.143. The Labute approximate surface area is 115 Å². The summed E-state index contributed by atoms with van der Waals surface area (Å²) in [5.41, 5.74) is 9.13. The number of benzene rings is 2. The first-order chi connectivity index (χ1) is 8.25. The van der Waals surface area contributed by atoms with E-state index in [1.165, 1.54) is 9.13 Å². The summed E-state index contributed by atoms with van der Waals surface area (Å²) in [6.07, 6.45) is 0.943. The van der Waals surface area contributed by atoms with Gasteiger partial charge in [0.15, 0.2) is 0 Å². The first kappa shape index (κ1) is 12.2. The topological polar surface area (TPSA) is 38.0 Å². The molecule has 0 fully saturated rings. The van der Waals surface area contributed by atoms with E-state index in [4.69, 9.17) is 5.73 Å². The first-order valence-corrected chi connectivity index (χ1v) is 6.66. The maximum absolute atomic E-state index is 5.90. The van der Waals surface area contributed by atoms with Crippen molar-refractivity contribution in [1.29, 1.82) is 0 Å². The van der Waals surface area contributed by atoms with Crippen LogP contribution in [-0.4, -0.2) is 6.54 Å². The van der Waals surface area contributed by atoms with E-state index in [2.05, 4.69) is 58.2 Å². The number of hydrogen-bond acceptors (Lipinski definition) is 2. The summed E-state index contributed by atoms with van der Waals surface area (Å²) in [5, 5.41) is 3.40. The van der Waals surface area contributed by atoms with Gasteiger partial charge in [0.25, 0.3) is 0 Å². The van der Waals surface area contributed by atoms with Crippen molar-refractivity contribution in [3.05, 3.63) is 57.7 Å². The van der Waals surface area contributed by atoms with Gasteiger partial charge in [-0.05, 0) is 58.8 Å². The van der Waals surface area contributed by atoms with E-state index in [-0.39, 0.29) is 0 Å². The Hall–Kier alpha value is -1.23. The van der Waals surface area contributed by atoms with Crippen molar-refractivity contribution >= 4 is 34.0 Å². The van der Waals surface area contributed by atoms with Gasteiger partial charge in [-0.2, -0.15) is 0 Å². The molecular formula is C14H15IN2. The van der Waals surface area contributed by atoms with Crippen LogP contribution in [0.1, 0.15) is 5.56 Å². The molecule has 0 radical (unpaired) electrons. The van der Waals surface area contributed by atoms with Crippen LogP contribution in [0.25, 0.3) is 0 Å². The Balaban J connectivity index is 1.90. The van der Waals surface area contributed by atoms with Crippen LogP contribution in [0.3, 0.4) is 0 Å². The highest BCUT2D eigenvalue weighted by Crippen LogP contribution is 2.14. The molecule has 17 heavy (non-hydrogen) atoms. The number of anilines is 2. The predicted molar refractivity (Wildman–Crippen MR) is 82.2 cm³/mol. The molecule has 3 N–H and O–H groups in total. The minimum absolute atomic E-state index is 0.872. The van der Waals surface area contributed by atoms with Crippen LogP contribution in [0.4, 0.5) is 11.4 Å². The molecule has 2 rings (SSSR count). The average molecular weight is 338 g/mol. The van der Waals surface area contributed by atoms with Gasteiger partial charge < -0.3 is 11.1 Å². The minimum Gasteiger partial charge on any atom is -0.399 e. The third-order valence-electron chi connectivity index (χ3n) is 2.60. The van der Waals surface area contributed by atoms with Crippen LogP contribution in [0, 0.1) is 3.57 Å². The van der Waals surface area contributed by atoms with Crippen LogP contribution in [0.5, 0.6) is 0 Å². The number of rotatable bonds is 4. The minimum atomic E-state index is 0.872. The number of hydrogen-bond donors (Lipinski definition) is 2. The fourth-order valence-electron chi connectivity index (χ4n) is 1.70. The van der Waals surface area contributed by atoms with Crippen molar-refractivity contribution in [3.8, 4) is 0 Å².